The summed E-state index contributed by atoms with van der Waals surface area (Å²) in [6, 6.07) is 2.72. The van der Waals surface area contributed by atoms with Crippen LogP contribution in [-0.4, -0.2) is 19.3 Å². The predicted octanol–water partition coefficient (Wildman–Crippen LogP) is 1.98. The molecule has 2 aliphatic carbocycles. The first-order valence-electron chi connectivity index (χ1n) is 6.67. The molecule has 0 bridgehead atoms. The van der Waals surface area contributed by atoms with Gasteiger partial charge in [0.15, 0.2) is 5.03 Å². The molecule has 2 aliphatic rings. The fraction of sp³-hybridized carbons (Fsp3) is 0.538. The highest BCUT2D eigenvalue weighted by molar-refractivity contribution is 7.90. The van der Waals surface area contributed by atoms with Crippen LogP contribution in [-0.2, 0) is 14.8 Å². The SMILES string of the molecule is O=C(NS(=O)(=O)c1ccc(Cl)cn1)C1C2CCCCC21. The summed E-state index contributed by atoms with van der Waals surface area (Å²) < 4.78 is 26.2. The number of nitrogens with one attached hydrogen (secondary N) is 1. The maximum Gasteiger partial charge on any atom is 0.281 e. The molecule has 108 valence electrons. The highest BCUT2D eigenvalue weighted by atomic mass is 35.5. The topological polar surface area (TPSA) is 76.1 Å². The molecule has 0 saturated heterocycles. The summed E-state index contributed by atoms with van der Waals surface area (Å²) >= 11 is 5.67. The van der Waals surface area contributed by atoms with E-state index in [4.69, 9.17) is 11.6 Å². The van der Waals surface area contributed by atoms with Crippen molar-refractivity contribution in [3.05, 3.63) is 23.4 Å². The number of rotatable bonds is 3. The number of halogens is 1. The second kappa shape index (κ2) is 5.00. The molecular weight excluding hydrogens is 300 g/mol. The molecule has 0 aromatic carbocycles. The lowest BCUT2D eigenvalue weighted by molar-refractivity contribution is -0.121. The van der Waals surface area contributed by atoms with Crippen molar-refractivity contribution in [1.29, 1.82) is 0 Å². The Labute approximate surface area is 122 Å². The van der Waals surface area contributed by atoms with E-state index < -0.39 is 15.9 Å². The van der Waals surface area contributed by atoms with E-state index in [1.165, 1.54) is 18.3 Å². The third kappa shape index (κ3) is 2.54. The van der Waals surface area contributed by atoms with Gasteiger partial charge < -0.3 is 0 Å². The van der Waals surface area contributed by atoms with Crippen molar-refractivity contribution in [1.82, 2.24) is 9.71 Å². The van der Waals surface area contributed by atoms with Crippen molar-refractivity contribution >= 4 is 27.5 Å². The smallest absolute Gasteiger partial charge is 0.274 e. The number of pyridine rings is 1. The summed E-state index contributed by atoms with van der Waals surface area (Å²) in [5.41, 5.74) is 0. The molecule has 2 fully saturated rings. The average Bonchev–Trinajstić information content (AvgIpc) is 3.13. The minimum absolute atomic E-state index is 0.139. The Bertz CT molecular complexity index is 618. The van der Waals surface area contributed by atoms with Gasteiger partial charge in [0, 0.05) is 12.1 Å². The molecule has 1 N–H and O–H groups in total. The van der Waals surface area contributed by atoms with Gasteiger partial charge >= 0.3 is 0 Å². The zero-order valence-corrected chi connectivity index (χ0v) is 12.3. The van der Waals surface area contributed by atoms with Crippen LogP contribution >= 0.6 is 11.6 Å². The van der Waals surface area contributed by atoms with E-state index in [1.807, 2.05) is 0 Å². The van der Waals surface area contributed by atoms with Crippen molar-refractivity contribution in [3.8, 4) is 0 Å². The van der Waals surface area contributed by atoms with Gasteiger partial charge in [0.1, 0.15) is 0 Å². The molecule has 1 heterocycles. The van der Waals surface area contributed by atoms with Crippen LogP contribution in [0, 0.1) is 17.8 Å². The summed E-state index contributed by atoms with van der Waals surface area (Å²) in [7, 11) is -3.89. The summed E-state index contributed by atoms with van der Waals surface area (Å²) in [4.78, 5) is 15.8. The molecule has 0 aliphatic heterocycles. The van der Waals surface area contributed by atoms with Crippen molar-refractivity contribution in [2.24, 2.45) is 17.8 Å². The quantitative estimate of drug-likeness (QED) is 0.925. The predicted molar refractivity (Wildman–Crippen MR) is 73.5 cm³/mol. The van der Waals surface area contributed by atoms with E-state index >= 15 is 0 Å². The number of aromatic nitrogens is 1. The molecule has 2 atom stereocenters. The fourth-order valence-electron chi connectivity index (χ4n) is 3.16. The number of carbonyl (C=O) groups is 1. The van der Waals surface area contributed by atoms with E-state index in [0.717, 1.165) is 25.7 Å². The van der Waals surface area contributed by atoms with Gasteiger partial charge in [0.25, 0.3) is 10.0 Å². The van der Waals surface area contributed by atoms with E-state index in [9.17, 15) is 13.2 Å². The minimum Gasteiger partial charge on any atom is -0.274 e. The highest BCUT2D eigenvalue weighted by Crippen LogP contribution is 2.55. The summed E-state index contributed by atoms with van der Waals surface area (Å²) in [5.74, 6) is 0.215. The maximum atomic E-state index is 12.1. The zero-order valence-electron chi connectivity index (χ0n) is 10.8. The van der Waals surface area contributed by atoms with Crippen LogP contribution in [0.15, 0.2) is 23.4 Å². The number of amides is 1. The van der Waals surface area contributed by atoms with Crippen LogP contribution in [0.25, 0.3) is 0 Å². The number of fused-ring (bicyclic) bond motifs is 1. The Balaban J connectivity index is 1.70. The van der Waals surface area contributed by atoms with Gasteiger partial charge in [0.05, 0.1) is 5.02 Å². The molecule has 0 radical (unpaired) electrons. The van der Waals surface area contributed by atoms with Crippen LogP contribution in [0.3, 0.4) is 0 Å². The van der Waals surface area contributed by atoms with Gasteiger partial charge in [-0.15, -0.1) is 0 Å². The maximum absolute atomic E-state index is 12.1. The van der Waals surface area contributed by atoms with Crippen molar-refractivity contribution in [3.63, 3.8) is 0 Å². The molecule has 0 spiro atoms. The van der Waals surface area contributed by atoms with Gasteiger partial charge in [0.2, 0.25) is 5.91 Å². The second-order valence-electron chi connectivity index (χ2n) is 5.42. The third-order valence-corrected chi connectivity index (χ3v) is 5.66. The highest BCUT2D eigenvalue weighted by Gasteiger charge is 2.55. The van der Waals surface area contributed by atoms with Crippen LogP contribution in [0.1, 0.15) is 25.7 Å². The zero-order chi connectivity index (χ0) is 14.3. The number of carbonyl (C=O) groups excluding carboxylic acids is 1. The first kappa shape index (κ1) is 13.8. The van der Waals surface area contributed by atoms with Crippen molar-refractivity contribution < 1.29 is 13.2 Å². The molecule has 2 saturated carbocycles. The average molecular weight is 315 g/mol. The first-order chi connectivity index (χ1) is 9.49. The molecule has 1 aromatic heterocycles. The van der Waals surface area contributed by atoms with Gasteiger partial charge in [-0.25, -0.2) is 9.71 Å². The van der Waals surface area contributed by atoms with Crippen molar-refractivity contribution in [2.45, 2.75) is 30.7 Å². The van der Waals surface area contributed by atoms with Gasteiger partial charge in [-0.05, 0) is 36.8 Å². The van der Waals surface area contributed by atoms with Gasteiger partial charge in [-0.1, -0.05) is 24.4 Å². The van der Waals surface area contributed by atoms with Gasteiger partial charge in [-0.3, -0.25) is 4.79 Å². The Hall–Kier alpha value is -1.14. The molecule has 2 unspecified atom stereocenters. The lowest BCUT2D eigenvalue weighted by Crippen LogP contribution is -2.33. The van der Waals surface area contributed by atoms with Crippen LogP contribution in [0.2, 0.25) is 5.02 Å². The molecular formula is C13H15ClN2O3S. The van der Waals surface area contributed by atoms with E-state index in [2.05, 4.69) is 9.71 Å². The Morgan fingerprint density at radius 2 is 1.90 bits per heavy atom. The van der Waals surface area contributed by atoms with Gasteiger partial charge in [-0.2, -0.15) is 8.42 Å². The fourth-order valence-corrected chi connectivity index (χ4v) is 4.21. The number of hydrogen-bond acceptors (Lipinski definition) is 4. The van der Waals surface area contributed by atoms with E-state index in [0.29, 0.717) is 16.9 Å². The Kier molecular flexibility index (Phi) is 3.46. The van der Waals surface area contributed by atoms with Crippen LogP contribution in [0.4, 0.5) is 0 Å². The third-order valence-electron chi connectivity index (χ3n) is 4.17. The second-order valence-corrected chi connectivity index (χ2v) is 7.49. The lowest BCUT2D eigenvalue weighted by atomic mass is 10.0. The normalized spacial score (nSPS) is 28.6. The first-order valence-corrected chi connectivity index (χ1v) is 8.53. The van der Waals surface area contributed by atoms with Crippen LogP contribution < -0.4 is 4.72 Å². The number of hydrogen-bond donors (Lipinski definition) is 1. The van der Waals surface area contributed by atoms with E-state index in [1.54, 1.807) is 0 Å². The molecule has 1 aromatic rings. The molecule has 1 amide bonds. The Morgan fingerprint density at radius 3 is 2.45 bits per heavy atom. The Morgan fingerprint density at radius 1 is 1.25 bits per heavy atom. The molecule has 20 heavy (non-hydrogen) atoms. The molecule has 3 rings (SSSR count). The van der Waals surface area contributed by atoms with Crippen LogP contribution in [0.5, 0.6) is 0 Å². The minimum atomic E-state index is -3.89. The molecule has 7 heteroatoms. The monoisotopic (exact) mass is 314 g/mol. The summed E-state index contributed by atoms with van der Waals surface area (Å²) in [5, 5.41) is 0.169. The van der Waals surface area contributed by atoms with Crippen molar-refractivity contribution in [2.75, 3.05) is 0 Å². The number of sulfonamides is 1. The molecule has 5 nitrogen and oxygen atoms in total. The van der Waals surface area contributed by atoms with E-state index in [-0.39, 0.29) is 10.9 Å². The standard InChI is InChI=1S/C13H15ClN2O3S/c14-8-5-6-11(15-7-8)20(18,19)16-13(17)12-9-3-1-2-4-10(9)12/h5-7,9-10,12H,1-4H2,(H,16,17). The summed E-state index contributed by atoms with van der Waals surface area (Å²) in [6.45, 7) is 0. The summed E-state index contributed by atoms with van der Waals surface area (Å²) in [6.07, 6.45) is 5.58. The number of nitrogens with zero attached hydrogens (tertiary/aromatic N) is 1. The largest absolute Gasteiger partial charge is 0.281 e. The lowest BCUT2D eigenvalue weighted by Gasteiger charge is -2.05.